The SMILES string of the molecule is O=C(/C=C/c1ccccc1)NC(=S)Nc1ccc(S(=O)(=O)NCc2ccco2)cc1. The van der Waals surface area contributed by atoms with Crippen LogP contribution in [0.1, 0.15) is 11.3 Å². The number of nitrogens with one attached hydrogen (secondary N) is 3. The Balaban J connectivity index is 1.52. The van der Waals surface area contributed by atoms with Gasteiger partial charge < -0.3 is 9.73 Å². The quantitative estimate of drug-likeness (QED) is 0.384. The van der Waals surface area contributed by atoms with Crippen molar-refractivity contribution in [2.24, 2.45) is 0 Å². The Morgan fingerprint density at radius 3 is 2.40 bits per heavy atom. The Labute approximate surface area is 179 Å². The lowest BCUT2D eigenvalue weighted by Gasteiger charge is -2.10. The lowest BCUT2D eigenvalue weighted by atomic mass is 10.2. The Morgan fingerprint density at radius 1 is 1.00 bits per heavy atom. The van der Waals surface area contributed by atoms with Crippen LogP contribution in [-0.2, 0) is 21.4 Å². The smallest absolute Gasteiger partial charge is 0.250 e. The maximum absolute atomic E-state index is 12.3. The third-order valence-corrected chi connectivity index (χ3v) is 5.52. The molecule has 2 aromatic carbocycles. The van der Waals surface area contributed by atoms with E-state index in [1.54, 1.807) is 30.3 Å². The van der Waals surface area contributed by atoms with Crippen LogP contribution in [0.5, 0.6) is 0 Å². The third-order valence-electron chi connectivity index (χ3n) is 3.90. The van der Waals surface area contributed by atoms with Gasteiger partial charge in [0.25, 0.3) is 0 Å². The number of hydrogen-bond acceptors (Lipinski definition) is 5. The molecule has 0 aliphatic rings. The van der Waals surface area contributed by atoms with Crippen molar-refractivity contribution in [3.8, 4) is 0 Å². The fourth-order valence-electron chi connectivity index (χ4n) is 2.43. The molecule has 30 heavy (non-hydrogen) atoms. The minimum absolute atomic E-state index is 0.0575. The summed E-state index contributed by atoms with van der Waals surface area (Å²) in [5, 5.41) is 5.47. The molecule has 9 heteroatoms. The van der Waals surface area contributed by atoms with Gasteiger partial charge in [0.1, 0.15) is 5.76 Å². The molecule has 3 aromatic rings. The highest BCUT2D eigenvalue weighted by Crippen LogP contribution is 2.14. The second kappa shape index (κ2) is 9.97. The average molecular weight is 442 g/mol. The molecule has 0 atom stereocenters. The van der Waals surface area contributed by atoms with E-state index >= 15 is 0 Å². The van der Waals surface area contributed by atoms with Crippen LogP contribution in [0.2, 0.25) is 0 Å². The van der Waals surface area contributed by atoms with Crippen molar-refractivity contribution in [3.05, 3.63) is 90.4 Å². The van der Waals surface area contributed by atoms with Crippen molar-refractivity contribution in [1.82, 2.24) is 10.0 Å². The minimum Gasteiger partial charge on any atom is -0.468 e. The van der Waals surface area contributed by atoms with Crippen molar-refractivity contribution >= 4 is 45.0 Å². The van der Waals surface area contributed by atoms with Crippen LogP contribution in [0.4, 0.5) is 5.69 Å². The minimum atomic E-state index is -3.68. The van der Waals surface area contributed by atoms with Gasteiger partial charge in [-0.3, -0.25) is 10.1 Å². The van der Waals surface area contributed by atoms with E-state index in [0.717, 1.165) is 5.56 Å². The van der Waals surface area contributed by atoms with Crippen LogP contribution >= 0.6 is 12.2 Å². The third kappa shape index (κ3) is 6.38. The molecule has 3 rings (SSSR count). The molecule has 0 aliphatic carbocycles. The number of sulfonamides is 1. The van der Waals surface area contributed by atoms with Crippen LogP contribution in [0.15, 0.2) is 88.4 Å². The van der Waals surface area contributed by atoms with Crippen molar-refractivity contribution in [1.29, 1.82) is 0 Å². The van der Waals surface area contributed by atoms with Gasteiger partial charge in [-0.15, -0.1) is 0 Å². The second-order valence-electron chi connectivity index (χ2n) is 6.12. The van der Waals surface area contributed by atoms with Gasteiger partial charge in [-0.1, -0.05) is 30.3 Å². The second-order valence-corrected chi connectivity index (χ2v) is 8.29. The number of rotatable bonds is 7. The number of anilines is 1. The highest BCUT2D eigenvalue weighted by Gasteiger charge is 2.14. The van der Waals surface area contributed by atoms with Crippen LogP contribution in [-0.4, -0.2) is 19.4 Å². The van der Waals surface area contributed by atoms with Crippen LogP contribution in [0.3, 0.4) is 0 Å². The molecule has 1 aromatic heterocycles. The molecule has 1 heterocycles. The lowest BCUT2D eigenvalue weighted by Crippen LogP contribution is -2.32. The molecule has 0 bridgehead atoms. The normalized spacial score (nSPS) is 11.3. The van der Waals surface area contributed by atoms with Gasteiger partial charge in [-0.2, -0.15) is 0 Å². The summed E-state index contributed by atoms with van der Waals surface area (Å²) in [6.45, 7) is 0.0575. The maximum atomic E-state index is 12.3. The summed E-state index contributed by atoms with van der Waals surface area (Å²) in [4.78, 5) is 12.0. The summed E-state index contributed by atoms with van der Waals surface area (Å²) in [5.41, 5.74) is 1.43. The molecule has 0 saturated heterocycles. The first-order valence-electron chi connectivity index (χ1n) is 8.89. The Hall–Kier alpha value is -3.27. The summed E-state index contributed by atoms with van der Waals surface area (Å²) in [7, 11) is -3.68. The monoisotopic (exact) mass is 441 g/mol. The number of amides is 1. The molecule has 0 fully saturated rings. The topological polar surface area (TPSA) is 100 Å². The van der Waals surface area contributed by atoms with Gasteiger partial charge >= 0.3 is 0 Å². The molecule has 154 valence electrons. The zero-order valence-corrected chi connectivity index (χ0v) is 17.4. The van der Waals surface area contributed by atoms with Crippen LogP contribution < -0.4 is 15.4 Å². The largest absolute Gasteiger partial charge is 0.468 e. The lowest BCUT2D eigenvalue weighted by molar-refractivity contribution is -0.115. The Morgan fingerprint density at radius 2 is 1.73 bits per heavy atom. The summed E-state index contributed by atoms with van der Waals surface area (Å²) in [6, 6.07) is 18.7. The van der Waals surface area contributed by atoms with Gasteiger partial charge in [0.2, 0.25) is 15.9 Å². The fourth-order valence-corrected chi connectivity index (χ4v) is 3.64. The Bertz CT molecular complexity index is 1120. The number of carbonyl (C=O) groups is 1. The number of thiocarbonyl (C=S) groups is 1. The molecule has 0 unspecified atom stereocenters. The van der Waals surface area contributed by atoms with E-state index in [0.29, 0.717) is 11.4 Å². The first kappa shape index (κ1) is 21.4. The van der Waals surface area contributed by atoms with Crippen LogP contribution in [0.25, 0.3) is 6.08 Å². The molecule has 3 N–H and O–H groups in total. The van der Waals surface area contributed by atoms with E-state index in [1.165, 1.54) is 24.5 Å². The van der Waals surface area contributed by atoms with E-state index in [-0.39, 0.29) is 22.5 Å². The standard InChI is InChI=1S/C21H19N3O4S2/c25-20(13-8-16-5-2-1-3-6-16)24-21(29)23-17-9-11-19(12-10-17)30(26,27)22-15-18-7-4-14-28-18/h1-14,22H,15H2,(H2,23,24,25,29)/b13-8+. The summed E-state index contributed by atoms with van der Waals surface area (Å²) in [5.74, 6) is 0.136. The van der Waals surface area contributed by atoms with E-state index < -0.39 is 10.0 Å². The van der Waals surface area contributed by atoms with Crippen molar-refractivity contribution in [2.45, 2.75) is 11.4 Å². The van der Waals surface area contributed by atoms with Gasteiger partial charge in [0.05, 0.1) is 17.7 Å². The van der Waals surface area contributed by atoms with E-state index in [2.05, 4.69) is 15.4 Å². The summed E-state index contributed by atoms with van der Waals surface area (Å²) < 4.78 is 32.2. The molecule has 0 aliphatic heterocycles. The first-order valence-corrected chi connectivity index (χ1v) is 10.8. The number of carbonyl (C=O) groups excluding carboxylic acids is 1. The predicted molar refractivity (Wildman–Crippen MR) is 119 cm³/mol. The Kier molecular flexibility index (Phi) is 7.12. The molecule has 1 amide bonds. The number of benzene rings is 2. The molecular formula is C21H19N3O4S2. The predicted octanol–water partition coefficient (Wildman–Crippen LogP) is 3.28. The van der Waals surface area contributed by atoms with Gasteiger partial charge in [-0.25, -0.2) is 13.1 Å². The van der Waals surface area contributed by atoms with E-state index in [9.17, 15) is 13.2 Å². The molecule has 0 radical (unpaired) electrons. The number of hydrogen-bond donors (Lipinski definition) is 3. The molecule has 7 nitrogen and oxygen atoms in total. The molecular weight excluding hydrogens is 422 g/mol. The molecule has 0 saturated carbocycles. The summed E-state index contributed by atoms with van der Waals surface area (Å²) in [6.07, 6.45) is 4.53. The zero-order valence-electron chi connectivity index (χ0n) is 15.7. The van der Waals surface area contributed by atoms with Crippen molar-refractivity contribution in [3.63, 3.8) is 0 Å². The maximum Gasteiger partial charge on any atom is 0.250 e. The molecule has 0 spiro atoms. The first-order chi connectivity index (χ1) is 14.4. The average Bonchev–Trinajstić information content (AvgIpc) is 3.26. The van der Waals surface area contributed by atoms with E-state index in [1.807, 2.05) is 30.3 Å². The van der Waals surface area contributed by atoms with Gasteiger partial charge in [-0.05, 0) is 60.3 Å². The fraction of sp³-hybridized carbons (Fsp3) is 0.0476. The van der Waals surface area contributed by atoms with Gasteiger partial charge in [0, 0.05) is 11.8 Å². The van der Waals surface area contributed by atoms with E-state index in [4.69, 9.17) is 16.6 Å². The highest BCUT2D eigenvalue weighted by molar-refractivity contribution is 7.89. The number of furan rings is 1. The van der Waals surface area contributed by atoms with Crippen molar-refractivity contribution in [2.75, 3.05) is 5.32 Å². The van der Waals surface area contributed by atoms with Crippen molar-refractivity contribution < 1.29 is 17.6 Å². The van der Waals surface area contributed by atoms with Crippen LogP contribution in [0, 0.1) is 0 Å². The zero-order chi connectivity index (χ0) is 21.4. The summed E-state index contributed by atoms with van der Waals surface area (Å²) >= 11 is 5.12. The highest BCUT2D eigenvalue weighted by atomic mass is 32.2. The van der Waals surface area contributed by atoms with Gasteiger partial charge in [0.15, 0.2) is 5.11 Å².